The molecule has 0 radical (unpaired) electrons. The Morgan fingerprint density at radius 2 is 1.44 bits per heavy atom. The van der Waals surface area contributed by atoms with Crippen molar-refractivity contribution in [1.29, 1.82) is 0 Å². The summed E-state index contributed by atoms with van der Waals surface area (Å²) in [6, 6.07) is -3.12. The predicted octanol–water partition coefficient (Wildman–Crippen LogP) is -1.43. The molecule has 0 rings (SSSR count). The normalized spacial score (nSPS) is 16.6. The van der Waals surface area contributed by atoms with Gasteiger partial charge in [0.15, 0.2) is 0 Å². The van der Waals surface area contributed by atoms with E-state index >= 15 is 0 Å². The average Bonchev–Trinajstić information content (AvgIpc) is 2.59. The molecule has 0 aliphatic heterocycles. The number of rotatable bonds is 11. The quantitative estimate of drug-likeness (QED) is 0.252. The highest BCUT2D eigenvalue weighted by Crippen LogP contribution is 2.10. The minimum atomic E-state index is -1.36. The van der Waals surface area contributed by atoms with E-state index in [0.29, 0.717) is 6.42 Å². The molecule has 0 saturated carbocycles. The Balaban J connectivity index is 5.26. The fraction of sp³-hybridized carbons (Fsp3) is 0.765. The number of carboxylic acid groups (broad SMARTS) is 1. The lowest BCUT2D eigenvalue weighted by Crippen LogP contribution is -2.60. The van der Waals surface area contributed by atoms with Crippen molar-refractivity contribution in [2.45, 2.75) is 65.3 Å². The summed E-state index contributed by atoms with van der Waals surface area (Å²) >= 11 is 0. The van der Waals surface area contributed by atoms with Crippen LogP contribution < -0.4 is 21.7 Å². The minimum Gasteiger partial charge on any atom is -0.480 e. The summed E-state index contributed by atoms with van der Waals surface area (Å²) in [7, 11) is 0. The number of nitrogens with one attached hydrogen (secondary N) is 3. The molecule has 0 aromatic rings. The molecule has 0 heterocycles. The summed E-state index contributed by atoms with van der Waals surface area (Å²) < 4.78 is 0. The molecule has 0 saturated heterocycles. The molecular formula is C17H32N4O6. The van der Waals surface area contributed by atoms with E-state index in [1.165, 1.54) is 6.92 Å². The Morgan fingerprint density at radius 1 is 0.926 bits per heavy atom. The van der Waals surface area contributed by atoms with E-state index in [1.54, 1.807) is 20.8 Å². The zero-order valence-electron chi connectivity index (χ0n) is 16.5. The summed E-state index contributed by atoms with van der Waals surface area (Å²) in [5.74, 6) is -3.64. The first kappa shape index (κ1) is 24.8. The number of aliphatic carboxylic acids is 1. The van der Waals surface area contributed by atoms with Gasteiger partial charge in [0, 0.05) is 0 Å². The molecule has 27 heavy (non-hydrogen) atoms. The lowest BCUT2D eigenvalue weighted by atomic mass is 9.96. The smallest absolute Gasteiger partial charge is 0.322 e. The van der Waals surface area contributed by atoms with E-state index in [2.05, 4.69) is 16.0 Å². The van der Waals surface area contributed by atoms with Crippen LogP contribution in [0, 0.1) is 11.8 Å². The number of hydrogen-bond acceptors (Lipinski definition) is 6. The number of aliphatic hydroxyl groups excluding tert-OH is 1. The zero-order valence-corrected chi connectivity index (χ0v) is 16.5. The molecule has 0 bridgehead atoms. The van der Waals surface area contributed by atoms with Gasteiger partial charge < -0.3 is 31.9 Å². The van der Waals surface area contributed by atoms with Crippen molar-refractivity contribution in [2.24, 2.45) is 17.6 Å². The molecular weight excluding hydrogens is 356 g/mol. The fourth-order valence-corrected chi connectivity index (χ4v) is 2.18. The van der Waals surface area contributed by atoms with Crippen molar-refractivity contribution < 1.29 is 29.4 Å². The van der Waals surface area contributed by atoms with Gasteiger partial charge in [-0.05, 0) is 18.8 Å². The van der Waals surface area contributed by atoms with Crippen LogP contribution in [0.4, 0.5) is 0 Å². The maximum atomic E-state index is 12.7. The summed E-state index contributed by atoms with van der Waals surface area (Å²) in [6.45, 7) is 7.79. The number of aliphatic hydroxyl groups is 1. The van der Waals surface area contributed by atoms with Crippen LogP contribution >= 0.6 is 0 Å². The predicted molar refractivity (Wildman–Crippen MR) is 98.5 cm³/mol. The van der Waals surface area contributed by atoms with Crippen molar-refractivity contribution in [1.82, 2.24) is 16.0 Å². The molecule has 0 fully saturated rings. The van der Waals surface area contributed by atoms with Crippen molar-refractivity contribution in [3.8, 4) is 0 Å². The van der Waals surface area contributed by atoms with Crippen LogP contribution in [-0.4, -0.2) is 64.7 Å². The third-order valence-electron chi connectivity index (χ3n) is 4.29. The SMILES string of the molecule is CCC(C)C(NC(=O)C(N)C(C)C)C(=O)NC(C(=O)NCC(=O)O)C(C)O. The van der Waals surface area contributed by atoms with Gasteiger partial charge in [-0.2, -0.15) is 0 Å². The van der Waals surface area contributed by atoms with E-state index in [4.69, 9.17) is 10.8 Å². The molecule has 7 N–H and O–H groups in total. The Hall–Kier alpha value is -2.20. The molecule has 5 unspecified atom stereocenters. The Morgan fingerprint density at radius 3 is 1.85 bits per heavy atom. The first-order valence-electron chi connectivity index (χ1n) is 8.96. The number of carboxylic acids is 1. The number of carbonyl (C=O) groups is 4. The van der Waals surface area contributed by atoms with E-state index in [9.17, 15) is 24.3 Å². The van der Waals surface area contributed by atoms with E-state index < -0.39 is 54.5 Å². The Kier molecular flexibility index (Phi) is 10.6. The molecule has 3 amide bonds. The van der Waals surface area contributed by atoms with E-state index in [0.717, 1.165) is 0 Å². The molecule has 10 nitrogen and oxygen atoms in total. The summed E-state index contributed by atoms with van der Waals surface area (Å²) in [5.41, 5.74) is 5.81. The molecule has 0 aromatic heterocycles. The van der Waals surface area contributed by atoms with Gasteiger partial charge in [-0.25, -0.2) is 0 Å². The Labute approximate surface area is 159 Å². The van der Waals surface area contributed by atoms with Gasteiger partial charge in [-0.1, -0.05) is 34.1 Å². The largest absolute Gasteiger partial charge is 0.480 e. The van der Waals surface area contributed by atoms with Crippen molar-refractivity contribution in [2.75, 3.05) is 6.54 Å². The second-order valence-corrected chi connectivity index (χ2v) is 6.98. The lowest BCUT2D eigenvalue weighted by Gasteiger charge is -2.28. The zero-order chi connectivity index (χ0) is 21.3. The molecule has 5 atom stereocenters. The second kappa shape index (κ2) is 11.5. The summed E-state index contributed by atoms with van der Waals surface area (Å²) in [6.07, 6.45) is -0.700. The van der Waals surface area contributed by atoms with Crippen molar-refractivity contribution in [3.63, 3.8) is 0 Å². The van der Waals surface area contributed by atoms with Crippen LogP contribution in [0.3, 0.4) is 0 Å². The third-order valence-corrected chi connectivity index (χ3v) is 4.29. The molecule has 0 spiro atoms. The van der Waals surface area contributed by atoms with E-state index in [1.807, 2.05) is 6.92 Å². The second-order valence-electron chi connectivity index (χ2n) is 6.98. The fourth-order valence-electron chi connectivity index (χ4n) is 2.18. The summed E-state index contributed by atoms with van der Waals surface area (Å²) in [4.78, 5) is 47.5. The average molecular weight is 388 g/mol. The number of carbonyl (C=O) groups excluding carboxylic acids is 3. The van der Waals surface area contributed by atoms with Crippen LogP contribution in [-0.2, 0) is 19.2 Å². The van der Waals surface area contributed by atoms with Gasteiger partial charge >= 0.3 is 5.97 Å². The van der Waals surface area contributed by atoms with Crippen LogP contribution in [0.1, 0.15) is 41.0 Å². The highest BCUT2D eigenvalue weighted by molar-refractivity contribution is 5.94. The van der Waals surface area contributed by atoms with Crippen LogP contribution in [0.2, 0.25) is 0 Å². The maximum Gasteiger partial charge on any atom is 0.322 e. The van der Waals surface area contributed by atoms with Crippen LogP contribution in [0.15, 0.2) is 0 Å². The van der Waals surface area contributed by atoms with Crippen LogP contribution in [0.25, 0.3) is 0 Å². The van der Waals surface area contributed by atoms with Crippen molar-refractivity contribution >= 4 is 23.7 Å². The molecule has 0 aliphatic carbocycles. The number of nitrogens with two attached hydrogens (primary N) is 1. The van der Waals surface area contributed by atoms with Gasteiger partial charge in [0.05, 0.1) is 12.1 Å². The first-order chi connectivity index (χ1) is 12.4. The van der Waals surface area contributed by atoms with Crippen LogP contribution in [0.5, 0.6) is 0 Å². The number of amides is 3. The van der Waals surface area contributed by atoms with Gasteiger partial charge in [0.1, 0.15) is 18.6 Å². The van der Waals surface area contributed by atoms with Gasteiger partial charge in [0.2, 0.25) is 17.7 Å². The maximum absolute atomic E-state index is 12.7. The van der Waals surface area contributed by atoms with Crippen molar-refractivity contribution in [3.05, 3.63) is 0 Å². The monoisotopic (exact) mass is 388 g/mol. The van der Waals surface area contributed by atoms with Gasteiger partial charge in [-0.3, -0.25) is 19.2 Å². The third kappa shape index (κ3) is 8.35. The van der Waals surface area contributed by atoms with Gasteiger partial charge in [-0.15, -0.1) is 0 Å². The summed E-state index contributed by atoms with van der Waals surface area (Å²) in [5, 5.41) is 25.5. The highest BCUT2D eigenvalue weighted by atomic mass is 16.4. The molecule has 0 aliphatic rings. The standard InChI is InChI=1S/C17H32N4O6/c1-6-9(4)13(20-15(25)12(18)8(2)3)17(27)21-14(10(5)22)16(26)19-7-11(23)24/h8-10,12-14,22H,6-7,18H2,1-5H3,(H,19,26)(H,20,25)(H,21,27)(H,23,24). The van der Waals surface area contributed by atoms with Gasteiger partial charge in [0.25, 0.3) is 0 Å². The minimum absolute atomic E-state index is 0.127. The molecule has 0 aromatic carbocycles. The molecule has 156 valence electrons. The van der Waals surface area contributed by atoms with E-state index in [-0.39, 0.29) is 11.8 Å². The molecule has 10 heteroatoms. The lowest BCUT2D eigenvalue weighted by molar-refractivity contribution is -0.139. The highest BCUT2D eigenvalue weighted by Gasteiger charge is 2.33. The number of hydrogen-bond donors (Lipinski definition) is 6. The Bertz CT molecular complexity index is 538. The topological polar surface area (TPSA) is 171 Å². The first-order valence-corrected chi connectivity index (χ1v) is 8.96.